The molecule has 2 rings (SSSR count). The molecule has 0 aliphatic carbocycles. The highest BCUT2D eigenvalue weighted by Gasteiger charge is 2.12. The van der Waals surface area contributed by atoms with Crippen LogP contribution in [0.2, 0.25) is 0 Å². The number of unbranched alkanes of at least 4 members (excludes halogenated alkanes) is 1. The number of Topliss-reactive ketones (excluding diaryl/α,β-unsaturated/α-hetero) is 1. The Kier molecular flexibility index (Phi) is 8.18. The zero-order valence-electron chi connectivity index (χ0n) is 13.7. The Balaban J connectivity index is 0.000000351. The van der Waals surface area contributed by atoms with Crippen molar-refractivity contribution < 1.29 is 19.6 Å². The maximum absolute atomic E-state index is 11.2. The number of hydrogen-bond donors (Lipinski definition) is 2. The van der Waals surface area contributed by atoms with Crippen molar-refractivity contribution in [2.24, 2.45) is 0 Å². The van der Waals surface area contributed by atoms with Gasteiger partial charge in [0.05, 0.1) is 4.92 Å². The van der Waals surface area contributed by atoms with E-state index in [2.05, 4.69) is 5.32 Å². The van der Waals surface area contributed by atoms with Gasteiger partial charge in [-0.05, 0) is 30.2 Å². The molecule has 24 heavy (non-hydrogen) atoms. The SMILES string of the molecule is CCCCC(=O)O.O=C1CCNC(=Cc2ccc([N+](=O)[O-])cc2)C1. The normalized spacial score (nSPS) is 15.2. The zero-order valence-corrected chi connectivity index (χ0v) is 13.7. The fourth-order valence-electron chi connectivity index (χ4n) is 2.05. The Morgan fingerprint density at radius 1 is 1.38 bits per heavy atom. The summed E-state index contributed by atoms with van der Waals surface area (Å²) in [4.78, 5) is 31.0. The number of nitrogens with one attached hydrogen (secondary N) is 1. The molecule has 0 unspecified atom stereocenters. The number of allylic oxidation sites excluding steroid dienone is 1. The molecule has 1 aliphatic rings. The van der Waals surface area contributed by atoms with Crippen LogP contribution in [0.15, 0.2) is 30.0 Å². The van der Waals surface area contributed by atoms with Gasteiger partial charge in [-0.2, -0.15) is 0 Å². The quantitative estimate of drug-likeness (QED) is 0.632. The number of nitrogens with zero attached hydrogens (tertiary/aromatic N) is 1. The van der Waals surface area contributed by atoms with Crippen LogP contribution in [-0.2, 0) is 9.59 Å². The van der Waals surface area contributed by atoms with Crippen molar-refractivity contribution in [3.8, 4) is 0 Å². The van der Waals surface area contributed by atoms with E-state index in [1.807, 2.05) is 13.0 Å². The number of carboxylic acids is 1. The number of aliphatic carboxylic acids is 1. The number of nitro groups is 1. The van der Waals surface area contributed by atoms with Gasteiger partial charge in [-0.3, -0.25) is 19.7 Å². The van der Waals surface area contributed by atoms with Gasteiger partial charge >= 0.3 is 5.97 Å². The number of non-ortho nitro benzene ring substituents is 1. The van der Waals surface area contributed by atoms with Crippen LogP contribution in [0.1, 0.15) is 44.6 Å². The lowest BCUT2D eigenvalue weighted by atomic mass is 10.1. The summed E-state index contributed by atoms with van der Waals surface area (Å²) in [6.45, 7) is 2.64. The third kappa shape index (κ3) is 7.53. The lowest BCUT2D eigenvalue weighted by Gasteiger charge is -2.15. The number of ketones is 1. The lowest BCUT2D eigenvalue weighted by Crippen LogP contribution is -2.25. The van der Waals surface area contributed by atoms with E-state index < -0.39 is 10.9 Å². The van der Waals surface area contributed by atoms with Crippen LogP contribution >= 0.6 is 0 Å². The minimum atomic E-state index is -0.693. The van der Waals surface area contributed by atoms with Gasteiger partial charge in [0, 0.05) is 43.6 Å². The molecule has 7 heteroatoms. The Morgan fingerprint density at radius 2 is 2.04 bits per heavy atom. The number of hydrogen-bond acceptors (Lipinski definition) is 5. The second-order valence-electron chi connectivity index (χ2n) is 5.41. The second kappa shape index (κ2) is 10.1. The Hall–Kier alpha value is -2.70. The summed E-state index contributed by atoms with van der Waals surface area (Å²) in [5, 5.41) is 21.7. The van der Waals surface area contributed by atoms with Crippen LogP contribution in [0.4, 0.5) is 5.69 Å². The van der Waals surface area contributed by atoms with Crippen molar-refractivity contribution in [2.75, 3.05) is 6.54 Å². The van der Waals surface area contributed by atoms with E-state index in [1.54, 1.807) is 12.1 Å². The molecule has 130 valence electrons. The smallest absolute Gasteiger partial charge is 0.303 e. The summed E-state index contributed by atoms with van der Waals surface area (Å²) in [5.41, 5.74) is 1.79. The molecule has 2 N–H and O–H groups in total. The van der Waals surface area contributed by atoms with Gasteiger partial charge in [0.1, 0.15) is 5.78 Å². The molecule has 1 aromatic carbocycles. The van der Waals surface area contributed by atoms with Gasteiger partial charge in [-0.1, -0.05) is 13.3 Å². The highest BCUT2D eigenvalue weighted by molar-refractivity contribution is 5.83. The van der Waals surface area contributed by atoms with Gasteiger partial charge in [0.15, 0.2) is 0 Å². The maximum atomic E-state index is 11.2. The maximum Gasteiger partial charge on any atom is 0.303 e. The molecular weight excluding hydrogens is 312 g/mol. The summed E-state index contributed by atoms with van der Waals surface area (Å²) in [7, 11) is 0. The minimum absolute atomic E-state index is 0.0693. The molecular formula is C17H22N2O5. The highest BCUT2D eigenvalue weighted by Crippen LogP contribution is 2.16. The summed E-state index contributed by atoms with van der Waals surface area (Å²) >= 11 is 0. The molecule has 1 aromatic rings. The molecule has 1 fully saturated rings. The fourth-order valence-corrected chi connectivity index (χ4v) is 2.05. The average Bonchev–Trinajstić information content (AvgIpc) is 2.54. The van der Waals surface area contributed by atoms with E-state index in [-0.39, 0.29) is 11.5 Å². The predicted molar refractivity (Wildman–Crippen MR) is 90.5 cm³/mol. The Morgan fingerprint density at radius 3 is 2.50 bits per heavy atom. The molecule has 0 amide bonds. The number of carboxylic acid groups (broad SMARTS) is 1. The zero-order chi connectivity index (χ0) is 17.9. The van der Waals surface area contributed by atoms with Crippen LogP contribution in [0, 0.1) is 10.1 Å². The molecule has 0 atom stereocenters. The topological polar surface area (TPSA) is 110 Å². The van der Waals surface area contributed by atoms with Crippen molar-refractivity contribution in [2.45, 2.75) is 39.0 Å². The molecule has 1 saturated heterocycles. The summed E-state index contributed by atoms with van der Waals surface area (Å²) < 4.78 is 0. The number of benzene rings is 1. The number of nitro benzene ring substituents is 1. The number of piperidine rings is 1. The first-order valence-corrected chi connectivity index (χ1v) is 7.84. The van der Waals surface area contributed by atoms with Crippen molar-refractivity contribution in [1.82, 2.24) is 5.32 Å². The molecule has 1 heterocycles. The lowest BCUT2D eigenvalue weighted by molar-refractivity contribution is -0.384. The monoisotopic (exact) mass is 334 g/mol. The van der Waals surface area contributed by atoms with Crippen molar-refractivity contribution in [3.63, 3.8) is 0 Å². The third-order valence-electron chi connectivity index (χ3n) is 3.33. The van der Waals surface area contributed by atoms with Gasteiger partial charge in [-0.25, -0.2) is 0 Å². The van der Waals surface area contributed by atoms with E-state index in [4.69, 9.17) is 5.11 Å². The van der Waals surface area contributed by atoms with Crippen molar-refractivity contribution in [3.05, 3.63) is 45.6 Å². The predicted octanol–water partition coefficient (Wildman–Crippen LogP) is 3.15. The molecule has 0 spiro atoms. The van der Waals surface area contributed by atoms with E-state index in [9.17, 15) is 19.7 Å². The Bertz CT molecular complexity index is 608. The summed E-state index contributed by atoms with van der Waals surface area (Å²) in [6.07, 6.45) is 4.91. The molecule has 0 saturated carbocycles. The minimum Gasteiger partial charge on any atom is -0.481 e. The third-order valence-corrected chi connectivity index (χ3v) is 3.33. The second-order valence-corrected chi connectivity index (χ2v) is 5.41. The van der Waals surface area contributed by atoms with E-state index >= 15 is 0 Å². The molecule has 1 aliphatic heterocycles. The first kappa shape index (κ1) is 19.3. The molecule has 7 nitrogen and oxygen atoms in total. The van der Waals surface area contributed by atoms with Gasteiger partial charge in [0.2, 0.25) is 0 Å². The fraction of sp³-hybridized carbons (Fsp3) is 0.412. The van der Waals surface area contributed by atoms with E-state index in [0.29, 0.717) is 25.8 Å². The summed E-state index contributed by atoms with van der Waals surface area (Å²) in [6, 6.07) is 6.26. The first-order chi connectivity index (χ1) is 11.4. The largest absolute Gasteiger partial charge is 0.481 e. The molecule has 0 aromatic heterocycles. The van der Waals surface area contributed by atoms with Crippen molar-refractivity contribution in [1.29, 1.82) is 0 Å². The Labute approximate surface area is 140 Å². The number of carbonyl (C=O) groups excluding carboxylic acids is 1. The number of carbonyl (C=O) groups is 2. The van der Waals surface area contributed by atoms with Crippen LogP contribution in [0.5, 0.6) is 0 Å². The van der Waals surface area contributed by atoms with Gasteiger partial charge < -0.3 is 10.4 Å². The average molecular weight is 334 g/mol. The highest BCUT2D eigenvalue weighted by atomic mass is 16.6. The van der Waals surface area contributed by atoms with Gasteiger partial charge in [0.25, 0.3) is 5.69 Å². The van der Waals surface area contributed by atoms with Crippen LogP contribution in [0.3, 0.4) is 0 Å². The van der Waals surface area contributed by atoms with Crippen molar-refractivity contribution >= 4 is 23.5 Å². The van der Waals surface area contributed by atoms with Crippen LogP contribution in [0.25, 0.3) is 6.08 Å². The van der Waals surface area contributed by atoms with Gasteiger partial charge in [-0.15, -0.1) is 0 Å². The van der Waals surface area contributed by atoms with E-state index in [1.165, 1.54) is 12.1 Å². The number of rotatable bonds is 5. The van der Waals surface area contributed by atoms with Crippen LogP contribution < -0.4 is 5.32 Å². The molecule has 0 bridgehead atoms. The first-order valence-electron chi connectivity index (χ1n) is 7.84. The van der Waals surface area contributed by atoms with Crippen LogP contribution in [-0.4, -0.2) is 28.3 Å². The molecule has 0 radical (unpaired) electrons. The summed E-state index contributed by atoms with van der Waals surface area (Å²) in [5.74, 6) is -0.473. The van der Waals surface area contributed by atoms with E-state index in [0.717, 1.165) is 24.1 Å². The standard InChI is InChI=1S/C12H12N2O3.C5H10O2/c15-12-5-6-13-10(8-12)7-9-1-3-11(4-2-9)14(16)17;1-2-3-4-5(6)7/h1-4,7,13H,5-6,8H2;2-4H2,1H3,(H,6,7).